The van der Waals surface area contributed by atoms with Gasteiger partial charge in [0, 0.05) is 10.2 Å². The van der Waals surface area contributed by atoms with Crippen molar-refractivity contribution in [2.45, 2.75) is 13.3 Å². The van der Waals surface area contributed by atoms with Crippen LogP contribution in [0.5, 0.6) is 11.5 Å². The largest absolute Gasteiger partial charge is 0.493 e. The zero-order chi connectivity index (χ0) is 19.1. The minimum atomic E-state index is -0.516. The van der Waals surface area contributed by atoms with Crippen molar-refractivity contribution in [1.29, 1.82) is 0 Å². The number of amides is 1. The molecule has 0 aliphatic heterocycles. The number of esters is 1. The van der Waals surface area contributed by atoms with Gasteiger partial charge < -0.3 is 19.5 Å². The zero-order valence-electron chi connectivity index (χ0n) is 14.8. The third-order valence-corrected chi connectivity index (χ3v) is 4.41. The van der Waals surface area contributed by atoms with Crippen LogP contribution in [0.1, 0.15) is 11.1 Å². The van der Waals surface area contributed by atoms with Gasteiger partial charge in [0.05, 0.1) is 20.6 Å². The maximum Gasteiger partial charge on any atom is 0.310 e. The van der Waals surface area contributed by atoms with E-state index in [1.807, 2.05) is 25.1 Å². The first kappa shape index (κ1) is 19.8. The van der Waals surface area contributed by atoms with E-state index >= 15 is 0 Å². The Balaban J connectivity index is 1.93. The van der Waals surface area contributed by atoms with E-state index < -0.39 is 5.97 Å². The highest BCUT2D eigenvalue weighted by Crippen LogP contribution is 2.33. The molecule has 0 aliphatic rings. The Bertz CT molecular complexity index is 807. The number of hydrogen-bond acceptors (Lipinski definition) is 5. The molecule has 2 aromatic rings. The number of carbonyl (C=O) groups excluding carboxylic acids is 2. The van der Waals surface area contributed by atoms with E-state index in [1.54, 1.807) is 18.2 Å². The topological polar surface area (TPSA) is 73.9 Å². The SMILES string of the molecule is COc1cc(Br)c(CC(=O)OCC(=O)Nc2ccccc2C)cc1OC. The average Bonchev–Trinajstić information content (AvgIpc) is 2.63. The van der Waals surface area contributed by atoms with E-state index in [2.05, 4.69) is 21.2 Å². The second-order valence-corrected chi connectivity index (χ2v) is 6.35. The van der Waals surface area contributed by atoms with Crippen LogP contribution in [0.4, 0.5) is 5.69 Å². The smallest absolute Gasteiger partial charge is 0.310 e. The summed E-state index contributed by atoms with van der Waals surface area (Å²) in [6.07, 6.45) is -0.00141. The van der Waals surface area contributed by atoms with Gasteiger partial charge in [-0.15, -0.1) is 0 Å². The number of methoxy groups -OCH3 is 2. The fraction of sp³-hybridized carbons (Fsp3) is 0.263. The van der Waals surface area contributed by atoms with Crippen molar-refractivity contribution in [3.63, 3.8) is 0 Å². The van der Waals surface area contributed by atoms with Crippen LogP contribution >= 0.6 is 15.9 Å². The van der Waals surface area contributed by atoms with Gasteiger partial charge in [0.15, 0.2) is 18.1 Å². The van der Waals surface area contributed by atoms with Gasteiger partial charge in [0.25, 0.3) is 5.91 Å². The van der Waals surface area contributed by atoms with Gasteiger partial charge in [-0.25, -0.2) is 0 Å². The standard InChI is InChI=1S/C19H20BrNO5/c1-12-6-4-5-7-15(12)21-18(22)11-26-19(23)9-13-8-16(24-2)17(25-3)10-14(13)20/h4-8,10H,9,11H2,1-3H3,(H,21,22). The zero-order valence-corrected chi connectivity index (χ0v) is 16.4. The summed E-state index contributed by atoms with van der Waals surface area (Å²) in [6.45, 7) is 1.54. The van der Waals surface area contributed by atoms with Crippen molar-refractivity contribution in [2.75, 3.05) is 26.1 Å². The van der Waals surface area contributed by atoms with Crippen LogP contribution in [-0.2, 0) is 20.7 Å². The van der Waals surface area contributed by atoms with Gasteiger partial charge in [0.1, 0.15) is 0 Å². The molecule has 0 aliphatic carbocycles. The van der Waals surface area contributed by atoms with Gasteiger partial charge in [-0.2, -0.15) is 0 Å². The molecule has 0 bridgehead atoms. The summed E-state index contributed by atoms with van der Waals surface area (Å²) in [5.41, 5.74) is 2.30. The van der Waals surface area contributed by atoms with E-state index in [9.17, 15) is 9.59 Å². The summed E-state index contributed by atoms with van der Waals surface area (Å²) in [5, 5.41) is 2.71. The lowest BCUT2D eigenvalue weighted by molar-refractivity contribution is -0.146. The number of anilines is 1. The van der Waals surface area contributed by atoms with Crippen LogP contribution in [-0.4, -0.2) is 32.7 Å². The molecule has 0 heterocycles. The Labute approximate surface area is 160 Å². The van der Waals surface area contributed by atoms with Gasteiger partial charge in [-0.1, -0.05) is 34.1 Å². The summed E-state index contributed by atoms with van der Waals surface area (Å²) in [6, 6.07) is 10.8. The Morgan fingerprint density at radius 2 is 1.73 bits per heavy atom. The quantitative estimate of drug-likeness (QED) is 0.692. The second kappa shape index (κ2) is 9.24. The molecule has 0 unspecified atom stereocenters. The van der Waals surface area contributed by atoms with Crippen molar-refractivity contribution >= 4 is 33.5 Å². The lowest BCUT2D eigenvalue weighted by Gasteiger charge is -2.12. The van der Waals surface area contributed by atoms with Crippen LogP contribution < -0.4 is 14.8 Å². The van der Waals surface area contributed by atoms with Crippen LogP contribution in [0, 0.1) is 6.92 Å². The average molecular weight is 422 g/mol. The number of halogens is 1. The van der Waals surface area contributed by atoms with Crippen LogP contribution in [0.25, 0.3) is 0 Å². The van der Waals surface area contributed by atoms with E-state index in [0.717, 1.165) is 5.56 Å². The highest BCUT2D eigenvalue weighted by Gasteiger charge is 2.15. The molecule has 0 saturated carbocycles. The molecular formula is C19H20BrNO5. The van der Waals surface area contributed by atoms with Crippen LogP contribution in [0.2, 0.25) is 0 Å². The Morgan fingerprint density at radius 1 is 1.08 bits per heavy atom. The molecule has 0 radical (unpaired) electrons. The lowest BCUT2D eigenvalue weighted by Crippen LogP contribution is -2.22. The summed E-state index contributed by atoms with van der Waals surface area (Å²) in [5.74, 6) is 0.154. The lowest BCUT2D eigenvalue weighted by atomic mass is 10.1. The number of rotatable bonds is 7. The molecule has 26 heavy (non-hydrogen) atoms. The van der Waals surface area contributed by atoms with Gasteiger partial charge >= 0.3 is 5.97 Å². The predicted octanol–water partition coefficient (Wildman–Crippen LogP) is 3.50. The molecule has 6 nitrogen and oxygen atoms in total. The molecule has 0 aromatic heterocycles. The molecule has 1 N–H and O–H groups in total. The minimum Gasteiger partial charge on any atom is -0.493 e. The van der Waals surface area contributed by atoms with Gasteiger partial charge in [0.2, 0.25) is 0 Å². The summed E-state index contributed by atoms with van der Waals surface area (Å²) < 4.78 is 16.2. The number of para-hydroxylation sites is 1. The maximum absolute atomic E-state index is 12.0. The molecule has 138 valence electrons. The number of aryl methyl sites for hydroxylation is 1. The first-order valence-electron chi connectivity index (χ1n) is 7.86. The van der Waals surface area contributed by atoms with E-state index in [4.69, 9.17) is 14.2 Å². The third-order valence-electron chi connectivity index (χ3n) is 3.67. The first-order chi connectivity index (χ1) is 12.4. The fourth-order valence-corrected chi connectivity index (χ4v) is 2.75. The molecule has 2 aromatic carbocycles. The van der Waals surface area contributed by atoms with Crippen molar-refractivity contribution in [3.05, 3.63) is 52.0 Å². The Hall–Kier alpha value is -2.54. The number of nitrogens with one attached hydrogen (secondary N) is 1. The molecule has 0 atom stereocenters. The first-order valence-corrected chi connectivity index (χ1v) is 8.65. The molecular weight excluding hydrogens is 402 g/mol. The number of hydrogen-bond donors (Lipinski definition) is 1. The molecule has 2 rings (SSSR count). The van der Waals surface area contributed by atoms with Gasteiger partial charge in [-0.05, 0) is 36.2 Å². The fourth-order valence-electron chi connectivity index (χ4n) is 2.28. The van der Waals surface area contributed by atoms with Crippen molar-refractivity contribution in [1.82, 2.24) is 0 Å². The van der Waals surface area contributed by atoms with Crippen molar-refractivity contribution in [2.24, 2.45) is 0 Å². The second-order valence-electron chi connectivity index (χ2n) is 5.50. The van der Waals surface area contributed by atoms with Crippen LogP contribution in [0.15, 0.2) is 40.9 Å². The summed E-state index contributed by atoms with van der Waals surface area (Å²) in [7, 11) is 3.05. The summed E-state index contributed by atoms with van der Waals surface area (Å²) in [4.78, 5) is 24.0. The van der Waals surface area contributed by atoms with Crippen molar-refractivity contribution < 1.29 is 23.8 Å². The Morgan fingerprint density at radius 3 is 2.38 bits per heavy atom. The molecule has 7 heteroatoms. The third kappa shape index (κ3) is 5.23. The monoisotopic (exact) mass is 421 g/mol. The van der Waals surface area contributed by atoms with Crippen LogP contribution in [0.3, 0.4) is 0 Å². The number of ether oxygens (including phenoxy) is 3. The maximum atomic E-state index is 12.0. The highest BCUT2D eigenvalue weighted by molar-refractivity contribution is 9.10. The highest BCUT2D eigenvalue weighted by atomic mass is 79.9. The molecule has 0 saturated heterocycles. The van der Waals surface area contributed by atoms with E-state index in [1.165, 1.54) is 14.2 Å². The minimum absolute atomic E-state index is 0.00141. The predicted molar refractivity (Wildman–Crippen MR) is 102 cm³/mol. The van der Waals surface area contributed by atoms with Gasteiger partial charge in [-0.3, -0.25) is 9.59 Å². The van der Waals surface area contributed by atoms with E-state index in [-0.39, 0.29) is 18.9 Å². The van der Waals surface area contributed by atoms with Crippen molar-refractivity contribution in [3.8, 4) is 11.5 Å². The number of benzene rings is 2. The van der Waals surface area contributed by atoms with E-state index in [0.29, 0.717) is 27.2 Å². The molecule has 0 spiro atoms. The number of carbonyl (C=O) groups is 2. The Kier molecular flexibility index (Phi) is 7.03. The molecule has 1 amide bonds. The normalized spacial score (nSPS) is 10.2. The molecule has 0 fully saturated rings. The summed E-state index contributed by atoms with van der Waals surface area (Å²) >= 11 is 3.39.